The molecule has 0 atom stereocenters. The number of rotatable bonds is 8. The van der Waals surface area contributed by atoms with Crippen molar-refractivity contribution in [2.75, 3.05) is 13.2 Å². The molecule has 0 saturated carbocycles. The van der Waals surface area contributed by atoms with Gasteiger partial charge in [-0.15, -0.1) is 0 Å². The monoisotopic (exact) mass is 310 g/mol. The number of aromatic nitrogens is 2. The molecule has 0 unspecified atom stereocenters. The van der Waals surface area contributed by atoms with E-state index in [0.717, 1.165) is 42.9 Å². The highest BCUT2D eigenvalue weighted by atomic mass is 16.5. The van der Waals surface area contributed by atoms with E-state index >= 15 is 0 Å². The van der Waals surface area contributed by atoms with Crippen molar-refractivity contribution in [2.45, 2.75) is 26.0 Å². The smallest absolute Gasteiger partial charge is 0.135 e. The molecule has 23 heavy (non-hydrogen) atoms. The summed E-state index contributed by atoms with van der Waals surface area (Å²) < 4.78 is 7.80. The van der Waals surface area contributed by atoms with Crippen molar-refractivity contribution in [3.8, 4) is 0 Å². The third kappa shape index (κ3) is 3.97. The van der Waals surface area contributed by atoms with Gasteiger partial charge in [-0.2, -0.15) is 0 Å². The molecule has 0 bridgehead atoms. The zero-order chi connectivity index (χ0) is 15.9. The lowest BCUT2D eigenvalue weighted by atomic mass is 10.2. The topological polar surface area (TPSA) is 47.3 Å². The lowest BCUT2D eigenvalue weighted by Crippen LogP contribution is -2.08. The summed E-state index contributed by atoms with van der Waals surface area (Å²) in [6.45, 7) is 2.22. The van der Waals surface area contributed by atoms with Crippen LogP contribution < -0.4 is 0 Å². The highest BCUT2D eigenvalue weighted by Crippen LogP contribution is 2.16. The van der Waals surface area contributed by atoms with Gasteiger partial charge in [-0.3, -0.25) is 0 Å². The maximum absolute atomic E-state index is 9.47. The van der Waals surface area contributed by atoms with Crippen LogP contribution >= 0.6 is 0 Å². The molecule has 2 aromatic carbocycles. The third-order valence-electron chi connectivity index (χ3n) is 3.92. The second kappa shape index (κ2) is 7.90. The number of aliphatic hydroxyl groups is 1. The Kier molecular flexibility index (Phi) is 5.40. The summed E-state index contributed by atoms with van der Waals surface area (Å²) in [4.78, 5) is 4.46. The second-order valence-electron chi connectivity index (χ2n) is 5.53. The Morgan fingerprint density at radius 1 is 0.957 bits per heavy atom. The molecule has 1 N–H and O–H groups in total. The molecule has 0 aliphatic rings. The fourth-order valence-electron chi connectivity index (χ4n) is 2.76. The molecule has 0 spiro atoms. The van der Waals surface area contributed by atoms with Gasteiger partial charge in [-0.05, 0) is 30.5 Å². The fraction of sp³-hybridized carbons (Fsp3) is 0.316. The second-order valence-corrected chi connectivity index (χ2v) is 5.53. The van der Waals surface area contributed by atoms with E-state index in [1.165, 1.54) is 5.56 Å². The average Bonchev–Trinajstić information content (AvgIpc) is 2.97. The summed E-state index contributed by atoms with van der Waals surface area (Å²) in [7, 11) is 0. The number of para-hydroxylation sites is 2. The summed E-state index contributed by atoms with van der Waals surface area (Å²) in [6.07, 6.45) is 1.85. The number of aliphatic hydroxyl groups excluding tert-OH is 1. The summed E-state index contributed by atoms with van der Waals surface area (Å²) in [5, 5.41) is 9.47. The Morgan fingerprint density at radius 2 is 1.74 bits per heavy atom. The number of fused-ring (bicyclic) bond motifs is 1. The number of imidazole rings is 1. The Balaban J connectivity index is 1.47. The van der Waals surface area contributed by atoms with Crippen molar-refractivity contribution in [3.63, 3.8) is 0 Å². The van der Waals surface area contributed by atoms with Crippen molar-refractivity contribution < 1.29 is 9.84 Å². The zero-order valence-corrected chi connectivity index (χ0v) is 13.2. The van der Waals surface area contributed by atoms with Crippen LogP contribution in [0.15, 0.2) is 54.6 Å². The van der Waals surface area contributed by atoms with Gasteiger partial charge in [0.05, 0.1) is 17.6 Å². The summed E-state index contributed by atoms with van der Waals surface area (Å²) in [6, 6.07) is 18.3. The molecular formula is C19H22N2O2. The lowest BCUT2D eigenvalue weighted by molar-refractivity contribution is 0.131. The van der Waals surface area contributed by atoms with Crippen molar-refractivity contribution in [1.29, 1.82) is 0 Å². The van der Waals surface area contributed by atoms with E-state index in [4.69, 9.17) is 4.74 Å². The fourth-order valence-corrected chi connectivity index (χ4v) is 2.76. The average molecular weight is 310 g/mol. The van der Waals surface area contributed by atoms with Crippen LogP contribution in [0.3, 0.4) is 0 Å². The van der Waals surface area contributed by atoms with Gasteiger partial charge in [0.1, 0.15) is 12.4 Å². The first-order valence-corrected chi connectivity index (χ1v) is 8.05. The minimum atomic E-state index is -0.0382. The van der Waals surface area contributed by atoms with Crippen LogP contribution in [-0.4, -0.2) is 27.9 Å². The van der Waals surface area contributed by atoms with Crippen LogP contribution in [0.25, 0.3) is 11.0 Å². The molecule has 4 nitrogen and oxygen atoms in total. The molecule has 3 rings (SSSR count). The minimum absolute atomic E-state index is 0.0382. The lowest BCUT2D eigenvalue weighted by Gasteiger charge is -2.08. The van der Waals surface area contributed by atoms with E-state index in [0.29, 0.717) is 6.61 Å². The van der Waals surface area contributed by atoms with E-state index in [1.54, 1.807) is 0 Å². The first kappa shape index (κ1) is 15.7. The SMILES string of the molecule is OCc1nc2ccccc2n1CCCOCCc1ccccc1. The molecule has 1 heterocycles. The third-order valence-corrected chi connectivity index (χ3v) is 3.92. The van der Waals surface area contributed by atoms with Gasteiger partial charge >= 0.3 is 0 Å². The number of nitrogens with zero attached hydrogens (tertiary/aromatic N) is 2. The van der Waals surface area contributed by atoms with E-state index in [9.17, 15) is 5.11 Å². The van der Waals surface area contributed by atoms with E-state index < -0.39 is 0 Å². The Bertz CT molecular complexity index is 737. The maximum atomic E-state index is 9.47. The summed E-state index contributed by atoms with van der Waals surface area (Å²) in [5.74, 6) is 0.718. The Morgan fingerprint density at radius 3 is 2.57 bits per heavy atom. The summed E-state index contributed by atoms with van der Waals surface area (Å²) in [5.41, 5.74) is 3.30. The zero-order valence-electron chi connectivity index (χ0n) is 13.2. The van der Waals surface area contributed by atoms with Crippen LogP contribution in [0.2, 0.25) is 0 Å². The molecule has 3 aromatic rings. The van der Waals surface area contributed by atoms with Gasteiger partial charge in [0.2, 0.25) is 0 Å². The largest absolute Gasteiger partial charge is 0.388 e. The van der Waals surface area contributed by atoms with Crippen LogP contribution in [-0.2, 0) is 24.3 Å². The van der Waals surface area contributed by atoms with Crippen molar-refractivity contribution in [1.82, 2.24) is 9.55 Å². The predicted molar refractivity (Wildman–Crippen MR) is 91.2 cm³/mol. The first-order chi connectivity index (χ1) is 11.4. The minimum Gasteiger partial charge on any atom is -0.388 e. The molecular weight excluding hydrogens is 288 g/mol. The molecule has 0 radical (unpaired) electrons. The van der Waals surface area contributed by atoms with Crippen LogP contribution in [0.4, 0.5) is 0 Å². The van der Waals surface area contributed by atoms with Gasteiger partial charge in [0.25, 0.3) is 0 Å². The van der Waals surface area contributed by atoms with Crippen LogP contribution in [0.5, 0.6) is 0 Å². The molecule has 4 heteroatoms. The molecule has 0 saturated heterocycles. The highest BCUT2D eigenvalue weighted by molar-refractivity contribution is 5.75. The molecule has 0 fully saturated rings. The number of hydrogen-bond donors (Lipinski definition) is 1. The van der Waals surface area contributed by atoms with Gasteiger partial charge in [-0.25, -0.2) is 4.98 Å². The summed E-state index contributed by atoms with van der Waals surface area (Å²) >= 11 is 0. The number of aryl methyl sites for hydroxylation is 1. The van der Waals surface area contributed by atoms with Crippen molar-refractivity contribution in [2.24, 2.45) is 0 Å². The van der Waals surface area contributed by atoms with Gasteiger partial charge in [-0.1, -0.05) is 42.5 Å². The van der Waals surface area contributed by atoms with Gasteiger partial charge in [0.15, 0.2) is 0 Å². The van der Waals surface area contributed by atoms with Crippen molar-refractivity contribution in [3.05, 3.63) is 66.0 Å². The normalized spacial score (nSPS) is 11.2. The molecule has 1 aromatic heterocycles. The highest BCUT2D eigenvalue weighted by Gasteiger charge is 2.08. The number of benzene rings is 2. The van der Waals surface area contributed by atoms with Gasteiger partial charge < -0.3 is 14.4 Å². The van der Waals surface area contributed by atoms with Crippen LogP contribution in [0, 0.1) is 0 Å². The molecule has 0 aliphatic heterocycles. The Hall–Kier alpha value is -2.17. The van der Waals surface area contributed by atoms with Crippen LogP contribution in [0.1, 0.15) is 17.8 Å². The predicted octanol–water partition coefficient (Wildman–Crippen LogP) is 3.18. The molecule has 120 valence electrons. The van der Waals surface area contributed by atoms with Gasteiger partial charge in [0, 0.05) is 13.2 Å². The number of hydrogen-bond acceptors (Lipinski definition) is 3. The number of ether oxygens (including phenoxy) is 1. The quantitative estimate of drug-likeness (QED) is 0.650. The standard InChI is InChI=1S/C19H22N2O2/c22-15-19-20-17-9-4-5-10-18(17)21(19)12-6-13-23-14-11-16-7-2-1-3-8-16/h1-5,7-10,22H,6,11-15H2. The molecule has 0 aliphatic carbocycles. The maximum Gasteiger partial charge on any atom is 0.135 e. The van der Waals surface area contributed by atoms with E-state index in [-0.39, 0.29) is 6.61 Å². The van der Waals surface area contributed by atoms with E-state index in [2.05, 4.69) is 33.8 Å². The molecule has 0 amide bonds. The first-order valence-electron chi connectivity index (χ1n) is 8.05. The van der Waals surface area contributed by atoms with E-state index in [1.807, 2.05) is 30.3 Å². The van der Waals surface area contributed by atoms with Crippen molar-refractivity contribution >= 4 is 11.0 Å². The Labute approximate surface area is 136 Å².